The van der Waals surface area contributed by atoms with Gasteiger partial charge in [0.05, 0.1) is 5.69 Å². The van der Waals surface area contributed by atoms with Crippen LogP contribution in [0.25, 0.3) is 12.2 Å². The maximum absolute atomic E-state index is 4.52. The van der Waals surface area contributed by atoms with E-state index in [-0.39, 0.29) is 0 Å². The van der Waals surface area contributed by atoms with Crippen molar-refractivity contribution >= 4 is 12.2 Å². The van der Waals surface area contributed by atoms with Crippen molar-refractivity contribution in [2.45, 2.75) is 13.3 Å². The first-order chi connectivity index (χ1) is 7.88. The highest BCUT2D eigenvalue weighted by Gasteiger charge is 1.91. The summed E-state index contributed by atoms with van der Waals surface area (Å²) in [5.74, 6) is 0. The lowest BCUT2D eigenvalue weighted by molar-refractivity contribution is 1.03. The molecule has 2 rings (SSSR count). The Morgan fingerprint density at radius 2 is 1.75 bits per heavy atom. The van der Waals surface area contributed by atoms with Crippen LogP contribution in [0.3, 0.4) is 0 Å². The van der Waals surface area contributed by atoms with Crippen molar-refractivity contribution in [3.63, 3.8) is 0 Å². The van der Waals surface area contributed by atoms with E-state index in [1.807, 2.05) is 24.3 Å². The van der Waals surface area contributed by atoms with Gasteiger partial charge in [0.1, 0.15) is 0 Å². The summed E-state index contributed by atoms with van der Waals surface area (Å²) in [5, 5.41) is 0. The highest BCUT2D eigenvalue weighted by Crippen LogP contribution is 2.07. The predicted molar refractivity (Wildman–Crippen MR) is 69.0 cm³/mol. The third kappa shape index (κ3) is 2.80. The predicted octanol–water partition coefficient (Wildman–Crippen LogP) is 3.81. The lowest BCUT2D eigenvalue weighted by atomic mass is 10.2. The lowest BCUT2D eigenvalue weighted by Gasteiger charge is -1.97. The Morgan fingerprint density at radius 3 is 2.50 bits per heavy atom. The quantitative estimate of drug-likeness (QED) is 0.749. The van der Waals surface area contributed by atoms with E-state index in [4.69, 9.17) is 0 Å². The second-order valence-electron chi connectivity index (χ2n) is 3.65. The van der Waals surface area contributed by atoms with Crippen LogP contribution in [-0.2, 0) is 6.42 Å². The molecule has 1 aromatic heterocycles. The molecule has 1 nitrogen and oxygen atoms in total. The van der Waals surface area contributed by atoms with Crippen molar-refractivity contribution in [3.8, 4) is 0 Å². The fourth-order valence-corrected chi connectivity index (χ4v) is 1.53. The molecule has 0 fully saturated rings. The first kappa shape index (κ1) is 10.6. The molecule has 80 valence electrons. The molecule has 0 unspecified atom stereocenters. The van der Waals surface area contributed by atoms with Crippen LogP contribution in [-0.4, -0.2) is 4.98 Å². The minimum Gasteiger partial charge on any atom is -0.253 e. The van der Waals surface area contributed by atoms with Crippen molar-refractivity contribution in [3.05, 3.63) is 65.5 Å². The van der Waals surface area contributed by atoms with E-state index in [0.717, 1.165) is 17.8 Å². The Kier molecular flexibility index (Phi) is 3.50. The largest absolute Gasteiger partial charge is 0.253 e. The normalized spacial score (nSPS) is 10.8. The molecule has 0 N–H and O–H groups in total. The molecule has 2 aromatic rings. The average molecular weight is 209 g/mol. The fraction of sp³-hybridized carbons (Fsp3) is 0.133. The number of aromatic nitrogens is 1. The minimum absolute atomic E-state index is 0.979. The molecule has 0 amide bonds. The molecule has 0 atom stereocenters. The van der Waals surface area contributed by atoms with Crippen LogP contribution in [0.1, 0.15) is 23.9 Å². The second kappa shape index (κ2) is 5.26. The summed E-state index contributed by atoms with van der Waals surface area (Å²) in [7, 11) is 0. The number of rotatable bonds is 3. The SMILES string of the molecule is CCc1cccc(/C=C/c2ccccc2)n1. The Labute approximate surface area is 96.5 Å². The number of hydrogen-bond acceptors (Lipinski definition) is 1. The number of hydrogen-bond donors (Lipinski definition) is 0. The van der Waals surface area contributed by atoms with E-state index in [2.05, 4.69) is 48.3 Å². The zero-order chi connectivity index (χ0) is 11.2. The smallest absolute Gasteiger partial charge is 0.0633 e. The van der Waals surface area contributed by atoms with Crippen LogP contribution in [0.4, 0.5) is 0 Å². The van der Waals surface area contributed by atoms with Crippen LogP contribution in [0.5, 0.6) is 0 Å². The van der Waals surface area contributed by atoms with Gasteiger partial charge < -0.3 is 0 Å². The number of pyridine rings is 1. The number of benzene rings is 1. The van der Waals surface area contributed by atoms with E-state index in [9.17, 15) is 0 Å². The van der Waals surface area contributed by atoms with E-state index >= 15 is 0 Å². The fourth-order valence-electron chi connectivity index (χ4n) is 1.53. The van der Waals surface area contributed by atoms with Crippen molar-refractivity contribution < 1.29 is 0 Å². The summed E-state index contributed by atoms with van der Waals surface area (Å²) in [6, 6.07) is 16.4. The van der Waals surface area contributed by atoms with E-state index in [1.54, 1.807) is 0 Å². The minimum atomic E-state index is 0.979. The van der Waals surface area contributed by atoms with Gasteiger partial charge in [-0.25, -0.2) is 0 Å². The molecule has 16 heavy (non-hydrogen) atoms. The monoisotopic (exact) mass is 209 g/mol. The van der Waals surface area contributed by atoms with Crippen molar-refractivity contribution in [2.24, 2.45) is 0 Å². The van der Waals surface area contributed by atoms with Crippen LogP contribution in [0, 0.1) is 0 Å². The van der Waals surface area contributed by atoms with Gasteiger partial charge in [0, 0.05) is 5.69 Å². The third-order valence-corrected chi connectivity index (χ3v) is 2.44. The molecule has 0 radical (unpaired) electrons. The number of nitrogens with zero attached hydrogens (tertiary/aromatic N) is 1. The molecular formula is C15H15N. The third-order valence-electron chi connectivity index (χ3n) is 2.44. The summed E-state index contributed by atoms with van der Waals surface area (Å²) in [6.45, 7) is 2.12. The van der Waals surface area contributed by atoms with Crippen LogP contribution >= 0.6 is 0 Å². The first-order valence-electron chi connectivity index (χ1n) is 5.57. The Hall–Kier alpha value is -1.89. The Morgan fingerprint density at radius 1 is 0.938 bits per heavy atom. The molecular weight excluding hydrogens is 194 g/mol. The summed E-state index contributed by atoms with van der Waals surface area (Å²) in [6.07, 6.45) is 5.11. The average Bonchev–Trinajstić information content (AvgIpc) is 2.38. The molecule has 1 aromatic carbocycles. The van der Waals surface area contributed by atoms with Crippen LogP contribution in [0.2, 0.25) is 0 Å². The summed E-state index contributed by atoms with van der Waals surface area (Å²) in [5.41, 5.74) is 3.35. The number of aryl methyl sites for hydroxylation is 1. The molecule has 0 aliphatic heterocycles. The first-order valence-corrected chi connectivity index (χ1v) is 5.57. The van der Waals surface area contributed by atoms with E-state index in [1.165, 1.54) is 5.56 Å². The van der Waals surface area contributed by atoms with Crippen molar-refractivity contribution in [1.82, 2.24) is 4.98 Å². The topological polar surface area (TPSA) is 12.9 Å². The lowest BCUT2D eigenvalue weighted by Crippen LogP contribution is -1.88. The zero-order valence-corrected chi connectivity index (χ0v) is 9.43. The van der Waals surface area contributed by atoms with Gasteiger partial charge in [0.25, 0.3) is 0 Å². The van der Waals surface area contributed by atoms with E-state index in [0.29, 0.717) is 0 Å². The molecule has 0 saturated heterocycles. The van der Waals surface area contributed by atoms with Gasteiger partial charge in [-0.05, 0) is 30.2 Å². The zero-order valence-electron chi connectivity index (χ0n) is 9.43. The van der Waals surface area contributed by atoms with Gasteiger partial charge in [-0.15, -0.1) is 0 Å². The van der Waals surface area contributed by atoms with Gasteiger partial charge in [-0.2, -0.15) is 0 Å². The molecule has 0 bridgehead atoms. The van der Waals surface area contributed by atoms with Crippen LogP contribution in [0.15, 0.2) is 48.5 Å². The molecule has 0 spiro atoms. The van der Waals surface area contributed by atoms with Crippen molar-refractivity contribution in [1.29, 1.82) is 0 Å². The molecule has 0 aliphatic carbocycles. The molecule has 1 heterocycles. The van der Waals surface area contributed by atoms with Gasteiger partial charge in [-0.3, -0.25) is 4.98 Å². The van der Waals surface area contributed by atoms with Crippen LogP contribution < -0.4 is 0 Å². The van der Waals surface area contributed by atoms with E-state index < -0.39 is 0 Å². The molecule has 0 saturated carbocycles. The summed E-state index contributed by atoms with van der Waals surface area (Å²) >= 11 is 0. The van der Waals surface area contributed by atoms with Crippen molar-refractivity contribution in [2.75, 3.05) is 0 Å². The molecule has 0 aliphatic rings. The highest BCUT2D eigenvalue weighted by atomic mass is 14.7. The van der Waals surface area contributed by atoms with Gasteiger partial charge in [-0.1, -0.05) is 49.4 Å². The summed E-state index contributed by atoms with van der Waals surface area (Å²) < 4.78 is 0. The second-order valence-corrected chi connectivity index (χ2v) is 3.65. The Balaban J connectivity index is 2.17. The maximum Gasteiger partial charge on any atom is 0.0633 e. The summed E-state index contributed by atoms with van der Waals surface area (Å²) in [4.78, 5) is 4.52. The van der Waals surface area contributed by atoms with Gasteiger partial charge >= 0.3 is 0 Å². The molecule has 1 heteroatoms. The Bertz CT molecular complexity index is 472. The standard InChI is InChI=1S/C15H15N/c1-2-14-9-6-10-15(16-14)12-11-13-7-4-3-5-8-13/h3-12H,2H2,1H3/b12-11+. The van der Waals surface area contributed by atoms with Gasteiger partial charge in [0.15, 0.2) is 0 Å². The van der Waals surface area contributed by atoms with Gasteiger partial charge in [0.2, 0.25) is 0 Å². The maximum atomic E-state index is 4.52. The highest BCUT2D eigenvalue weighted by molar-refractivity contribution is 5.67.